The van der Waals surface area contributed by atoms with Gasteiger partial charge < -0.3 is 20.3 Å². The first-order chi connectivity index (χ1) is 9.11. The van der Waals surface area contributed by atoms with Crippen molar-refractivity contribution in [3.63, 3.8) is 0 Å². The molecule has 5 nitrogen and oxygen atoms in total. The summed E-state index contributed by atoms with van der Waals surface area (Å²) < 4.78 is 11.1. The second kappa shape index (κ2) is 5.93. The summed E-state index contributed by atoms with van der Waals surface area (Å²) in [5.41, 5.74) is 6.08. The number of ether oxygens (including phenoxy) is 2. The maximum Gasteiger partial charge on any atom is 0.325 e. The molecule has 0 amide bonds. The summed E-state index contributed by atoms with van der Waals surface area (Å²) in [6.45, 7) is 0. The Balaban J connectivity index is 2.18. The van der Waals surface area contributed by atoms with E-state index in [1.54, 1.807) is 18.2 Å². The largest absolute Gasteiger partial charge is 0.493 e. The molecule has 104 valence electrons. The number of rotatable bonds is 5. The smallest absolute Gasteiger partial charge is 0.325 e. The van der Waals surface area contributed by atoms with Gasteiger partial charge in [-0.2, -0.15) is 0 Å². The number of aliphatic carboxylic acids is 1. The average Bonchev–Trinajstić information content (AvgIpc) is 2.91. The third-order valence-electron chi connectivity index (χ3n) is 3.41. The number of hydrogen-bond acceptors (Lipinski definition) is 4. The third kappa shape index (κ3) is 3.17. The first-order valence-corrected chi connectivity index (χ1v) is 6.45. The number of benzene rings is 1. The van der Waals surface area contributed by atoms with Gasteiger partial charge in [0.15, 0.2) is 11.5 Å². The van der Waals surface area contributed by atoms with Gasteiger partial charge in [0.25, 0.3) is 0 Å². The fourth-order valence-corrected chi connectivity index (χ4v) is 2.30. The molecule has 1 aliphatic rings. The van der Waals surface area contributed by atoms with Crippen LogP contribution < -0.4 is 15.2 Å². The number of hydrogen-bond donors (Lipinski definition) is 2. The summed E-state index contributed by atoms with van der Waals surface area (Å²) in [4.78, 5) is 10.9. The van der Waals surface area contributed by atoms with Gasteiger partial charge in [-0.15, -0.1) is 0 Å². The second-order valence-corrected chi connectivity index (χ2v) is 4.75. The molecule has 0 saturated heterocycles. The third-order valence-corrected chi connectivity index (χ3v) is 3.41. The van der Waals surface area contributed by atoms with E-state index in [1.165, 1.54) is 20.0 Å². The number of nitrogens with two attached hydrogens (primary N) is 1. The van der Waals surface area contributed by atoms with Gasteiger partial charge in [0.1, 0.15) is 6.04 Å². The van der Waals surface area contributed by atoms with Crippen LogP contribution >= 0.6 is 0 Å². The van der Waals surface area contributed by atoms with E-state index < -0.39 is 12.0 Å². The van der Waals surface area contributed by atoms with E-state index in [0.29, 0.717) is 17.1 Å². The second-order valence-electron chi connectivity index (χ2n) is 4.75. The molecular weight excluding hydrogens is 246 g/mol. The first-order valence-electron chi connectivity index (χ1n) is 6.45. The Bertz CT molecular complexity index is 455. The quantitative estimate of drug-likeness (QED) is 0.852. The highest BCUT2D eigenvalue weighted by Crippen LogP contribution is 2.33. The van der Waals surface area contributed by atoms with Gasteiger partial charge in [-0.3, -0.25) is 4.79 Å². The van der Waals surface area contributed by atoms with E-state index in [0.717, 1.165) is 12.8 Å². The van der Waals surface area contributed by atoms with E-state index in [2.05, 4.69) is 0 Å². The van der Waals surface area contributed by atoms with Crippen LogP contribution in [0.2, 0.25) is 0 Å². The molecule has 1 atom stereocenters. The maximum absolute atomic E-state index is 10.9. The standard InChI is InChI=1S/C14H19NO4/c1-18-12-8-9(13(15)14(16)17)6-7-11(12)19-10-4-2-3-5-10/h6-8,10,13H,2-5,15H2,1H3,(H,16,17)/t13-/m0/s1. The van der Waals surface area contributed by atoms with Gasteiger partial charge in [0.05, 0.1) is 13.2 Å². The van der Waals surface area contributed by atoms with Crippen LogP contribution in [0.15, 0.2) is 18.2 Å². The van der Waals surface area contributed by atoms with Crippen LogP contribution in [0.4, 0.5) is 0 Å². The SMILES string of the molecule is COc1cc([C@H](N)C(=O)O)ccc1OC1CCCC1. The van der Waals surface area contributed by atoms with E-state index >= 15 is 0 Å². The molecular formula is C14H19NO4. The monoisotopic (exact) mass is 265 g/mol. The highest BCUT2D eigenvalue weighted by molar-refractivity contribution is 5.75. The summed E-state index contributed by atoms with van der Waals surface area (Å²) in [7, 11) is 1.53. The Labute approximate surface area is 112 Å². The summed E-state index contributed by atoms with van der Waals surface area (Å²) >= 11 is 0. The van der Waals surface area contributed by atoms with Gasteiger partial charge >= 0.3 is 5.97 Å². The normalized spacial score (nSPS) is 17.2. The van der Waals surface area contributed by atoms with E-state index in [1.807, 2.05) is 0 Å². The molecule has 0 aromatic heterocycles. The zero-order valence-corrected chi connectivity index (χ0v) is 11.0. The van der Waals surface area contributed by atoms with Crippen molar-refractivity contribution in [1.29, 1.82) is 0 Å². The fourth-order valence-electron chi connectivity index (χ4n) is 2.30. The molecule has 1 aromatic rings. The highest BCUT2D eigenvalue weighted by Gasteiger charge is 2.20. The van der Waals surface area contributed by atoms with Crippen LogP contribution in [0.25, 0.3) is 0 Å². The minimum atomic E-state index is -1.06. The first kappa shape index (κ1) is 13.7. The lowest BCUT2D eigenvalue weighted by Gasteiger charge is -2.17. The van der Waals surface area contributed by atoms with Gasteiger partial charge in [-0.25, -0.2) is 0 Å². The number of carboxylic acids is 1. The van der Waals surface area contributed by atoms with Crippen molar-refractivity contribution in [3.05, 3.63) is 23.8 Å². The molecule has 5 heteroatoms. The van der Waals surface area contributed by atoms with Crippen molar-refractivity contribution >= 4 is 5.97 Å². The van der Waals surface area contributed by atoms with Crippen molar-refractivity contribution in [1.82, 2.24) is 0 Å². The fraction of sp³-hybridized carbons (Fsp3) is 0.500. The zero-order valence-electron chi connectivity index (χ0n) is 11.0. The molecule has 0 aliphatic heterocycles. The van der Waals surface area contributed by atoms with Crippen molar-refractivity contribution in [2.24, 2.45) is 5.73 Å². The topological polar surface area (TPSA) is 81.8 Å². The summed E-state index contributed by atoms with van der Waals surface area (Å²) in [5.74, 6) is 0.114. The molecule has 0 heterocycles. The molecule has 1 fully saturated rings. The average molecular weight is 265 g/mol. The Hall–Kier alpha value is -1.75. The number of methoxy groups -OCH3 is 1. The lowest BCUT2D eigenvalue weighted by atomic mass is 10.1. The Morgan fingerprint density at radius 1 is 1.37 bits per heavy atom. The highest BCUT2D eigenvalue weighted by atomic mass is 16.5. The molecule has 1 saturated carbocycles. The van der Waals surface area contributed by atoms with Crippen molar-refractivity contribution in [2.75, 3.05) is 7.11 Å². The van der Waals surface area contributed by atoms with Crippen LogP contribution in [0.5, 0.6) is 11.5 Å². The lowest BCUT2D eigenvalue weighted by Crippen LogP contribution is -2.20. The lowest BCUT2D eigenvalue weighted by molar-refractivity contribution is -0.138. The number of carboxylic acid groups (broad SMARTS) is 1. The van der Waals surface area contributed by atoms with Gasteiger partial charge in [-0.05, 0) is 43.4 Å². The predicted molar refractivity (Wildman–Crippen MR) is 70.4 cm³/mol. The van der Waals surface area contributed by atoms with Gasteiger partial charge in [-0.1, -0.05) is 6.07 Å². The molecule has 1 aliphatic carbocycles. The van der Waals surface area contributed by atoms with Crippen molar-refractivity contribution in [3.8, 4) is 11.5 Å². The van der Waals surface area contributed by atoms with Crippen molar-refractivity contribution in [2.45, 2.75) is 37.8 Å². The zero-order chi connectivity index (χ0) is 13.8. The van der Waals surface area contributed by atoms with Gasteiger partial charge in [0, 0.05) is 0 Å². The molecule has 19 heavy (non-hydrogen) atoms. The molecule has 1 aromatic carbocycles. The molecule has 3 N–H and O–H groups in total. The van der Waals surface area contributed by atoms with Crippen LogP contribution in [0, 0.1) is 0 Å². The van der Waals surface area contributed by atoms with Crippen molar-refractivity contribution < 1.29 is 19.4 Å². The Morgan fingerprint density at radius 3 is 2.63 bits per heavy atom. The Kier molecular flexibility index (Phi) is 4.27. The maximum atomic E-state index is 10.9. The van der Waals surface area contributed by atoms with E-state index in [4.69, 9.17) is 20.3 Å². The minimum absolute atomic E-state index is 0.230. The van der Waals surface area contributed by atoms with Crippen LogP contribution in [-0.4, -0.2) is 24.3 Å². The summed E-state index contributed by atoms with van der Waals surface area (Å²) in [6.07, 6.45) is 4.72. The van der Waals surface area contributed by atoms with Gasteiger partial charge in [0.2, 0.25) is 0 Å². The summed E-state index contributed by atoms with van der Waals surface area (Å²) in [5, 5.41) is 8.90. The Morgan fingerprint density at radius 2 is 2.05 bits per heavy atom. The number of carbonyl (C=O) groups is 1. The molecule has 0 radical (unpaired) electrons. The molecule has 2 rings (SSSR count). The van der Waals surface area contributed by atoms with E-state index in [9.17, 15) is 4.79 Å². The van der Waals surface area contributed by atoms with Crippen LogP contribution in [0.3, 0.4) is 0 Å². The summed E-state index contributed by atoms with van der Waals surface area (Å²) in [6, 6.07) is 3.98. The molecule has 0 spiro atoms. The van der Waals surface area contributed by atoms with E-state index in [-0.39, 0.29) is 6.10 Å². The molecule has 0 unspecified atom stereocenters. The van der Waals surface area contributed by atoms with Crippen LogP contribution in [0.1, 0.15) is 37.3 Å². The van der Waals surface area contributed by atoms with Crippen LogP contribution in [-0.2, 0) is 4.79 Å². The minimum Gasteiger partial charge on any atom is -0.493 e. The molecule has 0 bridgehead atoms. The predicted octanol–water partition coefficient (Wildman–Crippen LogP) is 2.10.